The molecule has 0 bridgehead atoms. The first-order valence-corrected chi connectivity index (χ1v) is 6.80. The lowest BCUT2D eigenvalue weighted by atomic mass is 9.94. The van der Waals surface area contributed by atoms with Crippen LogP contribution in [0, 0.1) is 5.41 Å². The summed E-state index contributed by atoms with van der Waals surface area (Å²) < 4.78 is 10.3. The van der Waals surface area contributed by atoms with Crippen LogP contribution in [0.3, 0.4) is 0 Å². The number of hydrogen-bond acceptors (Lipinski definition) is 4. The second-order valence-electron chi connectivity index (χ2n) is 5.74. The highest BCUT2D eigenvalue weighted by molar-refractivity contribution is 5.99. The van der Waals surface area contributed by atoms with Gasteiger partial charge in [0.25, 0.3) is 0 Å². The molecule has 5 heteroatoms. The molecule has 5 nitrogen and oxygen atoms in total. The second-order valence-corrected chi connectivity index (χ2v) is 5.74. The summed E-state index contributed by atoms with van der Waals surface area (Å²) in [7, 11) is 1.62. The highest BCUT2D eigenvalue weighted by Gasteiger charge is 2.74. The van der Waals surface area contributed by atoms with Gasteiger partial charge in [0.05, 0.1) is 12.5 Å². The van der Waals surface area contributed by atoms with E-state index in [1.807, 2.05) is 24.3 Å². The van der Waals surface area contributed by atoms with E-state index >= 15 is 0 Å². The Balaban J connectivity index is 1.58. The summed E-state index contributed by atoms with van der Waals surface area (Å²) >= 11 is 0. The molecule has 1 aromatic carbocycles. The van der Waals surface area contributed by atoms with E-state index in [4.69, 9.17) is 9.47 Å². The van der Waals surface area contributed by atoms with Gasteiger partial charge in [0.2, 0.25) is 5.91 Å². The maximum atomic E-state index is 12.5. The minimum atomic E-state index is -0.384. The number of carbonyl (C=O) groups is 2. The predicted octanol–water partition coefficient (Wildman–Crippen LogP) is 1.11. The number of nitrogens with zero attached hydrogens (tertiary/aromatic N) is 1. The Hall–Kier alpha value is -2.04. The monoisotopic (exact) mass is 273 g/mol. The van der Waals surface area contributed by atoms with Gasteiger partial charge in [-0.1, -0.05) is 12.1 Å². The molecule has 2 aliphatic heterocycles. The summed E-state index contributed by atoms with van der Waals surface area (Å²) in [5.74, 6) is 0.593. The summed E-state index contributed by atoms with van der Waals surface area (Å²) in [6, 6.07) is 7.19. The lowest BCUT2D eigenvalue weighted by Gasteiger charge is -2.34. The molecule has 1 aliphatic carbocycles. The van der Waals surface area contributed by atoms with Crippen LogP contribution in [-0.2, 0) is 20.9 Å². The van der Waals surface area contributed by atoms with Gasteiger partial charge in [-0.25, -0.2) is 4.79 Å². The molecule has 1 aromatic rings. The largest absolute Gasteiger partial charge is 0.497 e. The van der Waals surface area contributed by atoms with Gasteiger partial charge in [-0.05, 0) is 30.5 Å². The van der Waals surface area contributed by atoms with E-state index < -0.39 is 0 Å². The Bertz CT molecular complexity index is 590. The number of carbonyl (C=O) groups excluding carboxylic acids is 2. The third kappa shape index (κ3) is 1.38. The number of fused-ring (bicyclic) bond motifs is 2. The number of ether oxygens (including phenoxy) is 2. The lowest BCUT2D eigenvalue weighted by molar-refractivity contribution is -0.183. The van der Waals surface area contributed by atoms with E-state index in [9.17, 15) is 9.59 Å². The number of benzene rings is 1. The second kappa shape index (κ2) is 3.75. The summed E-state index contributed by atoms with van der Waals surface area (Å²) in [5.41, 5.74) is 0.612. The molecular weight excluding hydrogens is 258 g/mol. The third-order valence-corrected chi connectivity index (χ3v) is 4.64. The fourth-order valence-corrected chi connectivity index (χ4v) is 3.28. The van der Waals surface area contributed by atoms with Crippen LogP contribution < -0.4 is 4.74 Å². The summed E-state index contributed by atoms with van der Waals surface area (Å²) in [6.07, 6.45) is 1.49. The van der Waals surface area contributed by atoms with E-state index in [1.54, 1.807) is 12.0 Å². The third-order valence-electron chi connectivity index (χ3n) is 4.64. The fourth-order valence-electron chi connectivity index (χ4n) is 3.28. The molecule has 4 rings (SSSR count). The van der Waals surface area contributed by atoms with Crippen LogP contribution >= 0.6 is 0 Å². The van der Waals surface area contributed by atoms with Crippen LogP contribution in [0.15, 0.2) is 24.3 Å². The Kier molecular flexibility index (Phi) is 2.20. The number of likely N-dealkylation sites (tertiary alicyclic amines) is 1. The zero-order valence-electron chi connectivity index (χ0n) is 11.2. The molecule has 3 fully saturated rings. The van der Waals surface area contributed by atoms with Gasteiger partial charge in [-0.15, -0.1) is 0 Å². The van der Waals surface area contributed by atoms with E-state index in [0.717, 1.165) is 24.2 Å². The lowest BCUT2D eigenvalue weighted by Crippen LogP contribution is -2.55. The zero-order valence-corrected chi connectivity index (χ0v) is 11.2. The van der Waals surface area contributed by atoms with Crippen LogP contribution in [0.2, 0.25) is 0 Å². The van der Waals surface area contributed by atoms with Crippen LogP contribution in [0.4, 0.5) is 0 Å². The zero-order chi connectivity index (χ0) is 13.9. The molecule has 2 atom stereocenters. The minimum Gasteiger partial charge on any atom is -0.497 e. The van der Waals surface area contributed by atoms with Crippen molar-refractivity contribution in [3.05, 3.63) is 29.8 Å². The van der Waals surface area contributed by atoms with Gasteiger partial charge < -0.3 is 14.4 Å². The number of rotatable bonds is 3. The van der Waals surface area contributed by atoms with E-state index in [-0.39, 0.29) is 29.4 Å². The van der Waals surface area contributed by atoms with Gasteiger partial charge in [0, 0.05) is 6.54 Å². The smallest absolute Gasteiger partial charge is 0.333 e. The van der Waals surface area contributed by atoms with Crippen LogP contribution in [0.25, 0.3) is 0 Å². The van der Waals surface area contributed by atoms with Gasteiger partial charge in [0.15, 0.2) is 6.04 Å². The van der Waals surface area contributed by atoms with Gasteiger partial charge >= 0.3 is 5.97 Å². The van der Waals surface area contributed by atoms with Crippen molar-refractivity contribution in [3.8, 4) is 5.75 Å². The van der Waals surface area contributed by atoms with Crippen LogP contribution in [-0.4, -0.2) is 36.0 Å². The number of hydrogen-bond donors (Lipinski definition) is 0. The quantitative estimate of drug-likeness (QED) is 0.774. The molecule has 1 saturated carbocycles. The van der Waals surface area contributed by atoms with Crippen molar-refractivity contribution >= 4 is 11.9 Å². The van der Waals surface area contributed by atoms with Crippen molar-refractivity contribution in [2.24, 2.45) is 5.41 Å². The Morgan fingerprint density at radius 2 is 2.00 bits per heavy atom. The summed E-state index contributed by atoms with van der Waals surface area (Å²) in [5, 5.41) is 0. The van der Waals surface area contributed by atoms with E-state index in [0.29, 0.717) is 6.54 Å². The Labute approximate surface area is 116 Å². The van der Waals surface area contributed by atoms with Crippen molar-refractivity contribution in [2.75, 3.05) is 7.11 Å². The average Bonchev–Trinajstić information content (AvgIpc) is 3.22. The molecule has 2 saturated heterocycles. The van der Waals surface area contributed by atoms with Gasteiger partial charge in [-0.2, -0.15) is 0 Å². The molecule has 104 valence electrons. The van der Waals surface area contributed by atoms with Crippen molar-refractivity contribution in [1.82, 2.24) is 4.90 Å². The molecule has 1 amide bonds. The van der Waals surface area contributed by atoms with Crippen LogP contribution in [0.1, 0.15) is 18.4 Å². The van der Waals surface area contributed by atoms with Crippen molar-refractivity contribution in [3.63, 3.8) is 0 Å². The molecule has 0 radical (unpaired) electrons. The van der Waals surface area contributed by atoms with Crippen molar-refractivity contribution in [1.29, 1.82) is 0 Å². The summed E-state index contributed by atoms with van der Waals surface area (Å²) in [6.45, 7) is 0.459. The number of amides is 1. The van der Waals surface area contributed by atoms with Crippen LogP contribution in [0.5, 0.6) is 5.75 Å². The van der Waals surface area contributed by atoms with E-state index in [2.05, 4.69) is 0 Å². The highest BCUT2D eigenvalue weighted by Crippen LogP contribution is 2.60. The molecule has 0 N–H and O–H groups in total. The Morgan fingerprint density at radius 3 is 2.55 bits per heavy atom. The SMILES string of the molecule is COc1ccc(CN2C(=O)C3(CC3)[C@@H]3OC(=O)[C@@H]32)cc1. The first kappa shape index (κ1) is 11.8. The highest BCUT2D eigenvalue weighted by atomic mass is 16.6. The first-order chi connectivity index (χ1) is 9.65. The molecule has 0 unspecified atom stereocenters. The summed E-state index contributed by atoms with van der Waals surface area (Å²) in [4.78, 5) is 25.8. The molecule has 20 heavy (non-hydrogen) atoms. The molecule has 0 aromatic heterocycles. The average molecular weight is 273 g/mol. The fraction of sp³-hybridized carbons (Fsp3) is 0.467. The standard InChI is InChI=1S/C15H15NO4/c1-19-10-4-2-9(3-5-10)8-16-11-12(20-13(11)17)15(6-7-15)14(16)18/h2-5,11-12H,6-8H2,1H3/t11-,12-/m1/s1. The maximum Gasteiger partial charge on any atom is 0.333 e. The molecular formula is C15H15NO4. The predicted molar refractivity (Wildman–Crippen MR) is 68.9 cm³/mol. The maximum absolute atomic E-state index is 12.5. The van der Waals surface area contributed by atoms with Crippen molar-refractivity contribution in [2.45, 2.75) is 31.5 Å². The number of esters is 1. The molecule has 1 spiro atoms. The Morgan fingerprint density at radius 1 is 1.30 bits per heavy atom. The minimum absolute atomic E-state index is 0.0779. The van der Waals surface area contributed by atoms with E-state index in [1.165, 1.54) is 0 Å². The van der Waals surface area contributed by atoms with Gasteiger partial charge in [-0.3, -0.25) is 4.79 Å². The first-order valence-electron chi connectivity index (χ1n) is 6.80. The number of methoxy groups -OCH3 is 1. The van der Waals surface area contributed by atoms with Gasteiger partial charge in [0.1, 0.15) is 11.9 Å². The van der Waals surface area contributed by atoms with Crippen molar-refractivity contribution < 1.29 is 19.1 Å². The molecule has 2 heterocycles. The topological polar surface area (TPSA) is 55.8 Å². The molecule has 3 aliphatic rings. The normalized spacial score (nSPS) is 28.9.